The van der Waals surface area contributed by atoms with Crippen molar-refractivity contribution in [3.63, 3.8) is 0 Å². The van der Waals surface area contributed by atoms with Crippen molar-refractivity contribution >= 4 is 29.3 Å². The molecule has 14 heavy (non-hydrogen) atoms. The number of carbonyl (C=O) groups is 1. The normalized spacial score (nSPS) is 10.1. The molecule has 0 spiro atoms. The van der Waals surface area contributed by atoms with Gasteiger partial charge in [0.05, 0.1) is 10.6 Å². The summed E-state index contributed by atoms with van der Waals surface area (Å²) < 4.78 is 0. The van der Waals surface area contributed by atoms with Crippen LogP contribution >= 0.6 is 23.4 Å². The Hall–Kier alpha value is -0.670. The number of aromatic carboxylic acids is 1. The van der Waals surface area contributed by atoms with Crippen LogP contribution in [0.3, 0.4) is 0 Å². The molecule has 0 radical (unpaired) electrons. The molecule has 0 bridgehead atoms. The van der Waals surface area contributed by atoms with Gasteiger partial charge < -0.3 is 5.11 Å². The highest BCUT2D eigenvalue weighted by molar-refractivity contribution is 7.99. The maximum Gasteiger partial charge on any atom is 0.337 e. The number of carboxylic acid groups (broad SMARTS) is 1. The molecule has 1 aromatic rings. The fourth-order valence-corrected chi connectivity index (χ4v) is 1.98. The van der Waals surface area contributed by atoms with E-state index in [1.54, 1.807) is 23.9 Å². The molecule has 1 N–H and O–H groups in total. The summed E-state index contributed by atoms with van der Waals surface area (Å²) >= 11 is 7.37. The van der Waals surface area contributed by atoms with Gasteiger partial charge in [-0.2, -0.15) is 0 Å². The topological polar surface area (TPSA) is 37.3 Å². The van der Waals surface area contributed by atoms with Crippen LogP contribution in [-0.2, 0) is 0 Å². The molecule has 0 amide bonds. The molecule has 0 fully saturated rings. The third kappa shape index (κ3) is 2.93. The number of rotatable bonds is 4. The molecular formula is C10H11ClO2S. The van der Waals surface area contributed by atoms with Gasteiger partial charge in [0.25, 0.3) is 0 Å². The zero-order valence-electron chi connectivity index (χ0n) is 7.79. The molecule has 1 rings (SSSR count). The van der Waals surface area contributed by atoms with E-state index in [9.17, 15) is 4.79 Å². The Labute approximate surface area is 92.3 Å². The van der Waals surface area contributed by atoms with Crippen LogP contribution in [0.4, 0.5) is 0 Å². The molecule has 1 aromatic carbocycles. The van der Waals surface area contributed by atoms with Crippen LogP contribution in [0, 0.1) is 0 Å². The summed E-state index contributed by atoms with van der Waals surface area (Å²) in [7, 11) is 0. The Balaban J connectivity index is 2.89. The zero-order chi connectivity index (χ0) is 10.6. The number of carboxylic acids is 1. The van der Waals surface area contributed by atoms with Crippen molar-refractivity contribution in [1.29, 1.82) is 0 Å². The van der Waals surface area contributed by atoms with Crippen LogP contribution < -0.4 is 0 Å². The smallest absolute Gasteiger partial charge is 0.337 e. The average molecular weight is 231 g/mol. The minimum absolute atomic E-state index is 0.174. The number of thioether (sulfide) groups is 1. The number of hydrogen-bond donors (Lipinski definition) is 1. The first-order valence-electron chi connectivity index (χ1n) is 4.30. The lowest BCUT2D eigenvalue weighted by atomic mass is 10.2. The molecule has 0 atom stereocenters. The Morgan fingerprint density at radius 2 is 2.29 bits per heavy atom. The van der Waals surface area contributed by atoms with Crippen LogP contribution in [0.2, 0.25) is 5.02 Å². The highest BCUT2D eigenvalue weighted by atomic mass is 35.5. The third-order valence-corrected chi connectivity index (χ3v) is 3.17. The van der Waals surface area contributed by atoms with Gasteiger partial charge in [0.15, 0.2) is 0 Å². The summed E-state index contributed by atoms with van der Waals surface area (Å²) in [5.74, 6) is 0.00897. The fraction of sp³-hybridized carbons (Fsp3) is 0.300. The van der Waals surface area contributed by atoms with E-state index < -0.39 is 5.97 Å². The molecule has 0 heterocycles. The lowest BCUT2D eigenvalue weighted by Crippen LogP contribution is -1.97. The molecular weight excluding hydrogens is 220 g/mol. The van der Waals surface area contributed by atoms with Crippen molar-refractivity contribution in [2.75, 3.05) is 5.75 Å². The van der Waals surface area contributed by atoms with Gasteiger partial charge in [-0.15, -0.1) is 11.8 Å². The van der Waals surface area contributed by atoms with E-state index in [1.807, 2.05) is 6.07 Å². The van der Waals surface area contributed by atoms with Crippen LogP contribution in [0.5, 0.6) is 0 Å². The predicted octanol–water partition coefficient (Wildman–Crippen LogP) is 3.54. The van der Waals surface area contributed by atoms with E-state index in [-0.39, 0.29) is 5.56 Å². The molecule has 0 aliphatic heterocycles. The molecule has 0 aliphatic carbocycles. The Kier molecular flexibility index (Phi) is 4.29. The number of benzene rings is 1. The lowest BCUT2D eigenvalue weighted by Gasteiger charge is -2.03. The van der Waals surface area contributed by atoms with Crippen molar-refractivity contribution in [1.82, 2.24) is 0 Å². The Bertz CT molecular complexity index is 339. The first-order chi connectivity index (χ1) is 6.65. The van der Waals surface area contributed by atoms with Gasteiger partial charge in [0, 0.05) is 4.90 Å². The van der Waals surface area contributed by atoms with E-state index >= 15 is 0 Å². The van der Waals surface area contributed by atoms with Crippen LogP contribution in [-0.4, -0.2) is 16.8 Å². The van der Waals surface area contributed by atoms with Gasteiger partial charge in [0.1, 0.15) is 0 Å². The second kappa shape index (κ2) is 5.27. The molecule has 0 aromatic heterocycles. The highest BCUT2D eigenvalue weighted by Crippen LogP contribution is 2.24. The SMILES string of the molecule is CCCSc1ccc(Cl)c(C(=O)O)c1. The largest absolute Gasteiger partial charge is 0.478 e. The standard InChI is InChI=1S/C10H11ClO2S/c1-2-5-14-7-3-4-9(11)8(6-7)10(12)13/h3-4,6H,2,5H2,1H3,(H,12,13). The number of hydrogen-bond acceptors (Lipinski definition) is 2. The van der Waals surface area contributed by atoms with Crippen molar-refractivity contribution in [3.8, 4) is 0 Å². The minimum Gasteiger partial charge on any atom is -0.478 e. The summed E-state index contributed by atoms with van der Waals surface area (Å²) in [6.45, 7) is 2.08. The van der Waals surface area contributed by atoms with Gasteiger partial charge in [-0.1, -0.05) is 18.5 Å². The second-order valence-corrected chi connectivity index (χ2v) is 4.37. The third-order valence-electron chi connectivity index (χ3n) is 1.64. The van der Waals surface area contributed by atoms with Crippen molar-refractivity contribution in [2.24, 2.45) is 0 Å². The maximum absolute atomic E-state index is 10.8. The van der Waals surface area contributed by atoms with Crippen molar-refractivity contribution < 1.29 is 9.90 Å². The highest BCUT2D eigenvalue weighted by Gasteiger charge is 2.08. The Morgan fingerprint density at radius 3 is 2.86 bits per heavy atom. The van der Waals surface area contributed by atoms with E-state index in [1.165, 1.54) is 0 Å². The van der Waals surface area contributed by atoms with Gasteiger partial charge in [-0.25, -0.2) is 4.79 Å². The predicted molar refractivity (Wildman–Crippen MR) is 59.4 cm³/mol. The van der Waals surface area contributed by atoms with E-state index in [0.717, 1.165) is 17.1 Å². The molecule has 4 heteroatoms. The van der Waals surface area contributed by atoms with E-state index in [0.29, 0.717) is 5.02 Å². The van der Waals surface area contributed by atoms with E-state index in [4.69, 9.17) is 16.7 Å². The quantitative estimate of drug-likeness (QED) is 0.804. The second-order valence-electron chi connectivity index (χ2n) is 2.80. The van der Waals surface area contributed by atoms with Crippen LogP contribution in [0.15, 0.2) is 23.1 Å². The van der Waals surface area contributed by atoms with Gasteiger partial charge in [0.2, 0.25) is 0 Å². The molecule has 0 aliphatic rings. The minimum atomic E-state index is -0.978. The summed E-state index contributed by atoms with van der Waals surface area (Å²) in [4.78, 5) is 11.7. The zero-order valence-corrected chi connectivity index (χ0v) is 9.36. The molecule has 0 saturated heterocycles. The first-order valence-corrected chi connectivity index (χ1v) is 5.67. The average Bonchev–Trinajstić information content (AvgIpc) is 2.16. The van der Waals surface area contributed by atoms with Crippen LogP contribution in [0.25, 0.3) is 0 Å². The fourth-order valence-electron chi connectivity index (χ4n) is 0.978. The van der Waals surface area contributed by atoms with Crippen molar-refractivity contribution in [3.05, 3.63) is 28.8 Å². The van der Waals surface area contributed by atoms with E-state index in [2.05, 4.69) is 6.92 Å². The monoisotopic (exact) mass is 230 g/mol. The molecule has 0 saturated carbocycles. The molecule has 2 nitrogen and oxygen atoms in total. The summed E-state index contributed by atoms with van der Waals surface area (Å²) in [5.41, 5.74) is 0.174. The maximum atomic E-state index is 10.8. The summed E-state index contributed by atoms with van der Waals surface area (Å²) in [5, 5.41) is 9.11. The lowest BCUT2D eigenvalue weighted by molar-refractivity contribution is 0.0697. The van der Waals surface area contributed by atoms with Gasteiger partial charge >= 0.3 is 5.97 Å². The Morgan fingerprint density at radius 1 is 1.57 bits per heavy atom. The molecule has 0 unspecified atom stereocenters. The summed E-state index contributed by atoms with van der Waals surface area (Å²) in [6, 6.07) is 5.09. The van der Waals surface area contributed by atoms with Crippen molar-refractivity contribution in [2.45, 2.75) is 18.2 Å². The number of halogens is 1. The first kappa shape index (κ1) is 11.4. The van der Waals surface area contributed by atoms with Gasteiger partial charge in [-0.05, 0) is 30.4 Å². The van der Waals surface area contributed by atoms with Crippen LogP contribution in [0.1, 0.15) is 23.7 Å². The van der Waals surface area contributed by atoms with Gasteiger partial charge in [-0.3, -0.25) is 0 Å². The summed E-state index contributed by atoms with van der Waals surface area (Å²) in [6.07, 6.45) is 1.07. The molecule has 76 valence electrons.